The van der Waals surface area contributed by atoms with Crippen molar-refractivity contribution in [1.29, 1.82) is 0 Å². The number of aryl methyl sites for hydroxylation is 2. The number of aromatic nitrogens is 4. The summed E-state index contributed by atoms with van der Waals surface area (Å²) >= 11 is 6.58. The number of methoxy groups -OCH3 is 1. The second-order valence-corrected chi connectivity index (χ2v) is 8.01. The molecular weight excluding hydrogens is 418 g/mol. The van der Waals surface area contributed by atoms with E-state index in [0.29, 0.717) is 11.4 Å². The molecule has 1 unspecified atom stereocenters. The van der Waals surface area contributed by atoms with Gasteiger partial charge in [0.15, 0.2) is 0 Å². The van der Waals surface area contributed by atoms with Gasteiger partial charge in [-0.1, -0.05) is 23.7 Å². The van der Waals surface area contributed by atoms with Crippen molar-refractivity contribution in [3.8, 4) is 5.69 Å². The summed E-state index contributed by atoms with van der Waals surface area (Å²) in [6.07, 6.45) is 3.51. The van der Waals surface area contributed by atoms with Gasteiger partial charge in [-0.2, -0.15) is 14.9 Å². The van der Waals surface area contributed by atoms with Gasteiger partial charge in [-0.15, -0.1) is 0 Å². The number of ether oxygens (including phenoxy) is 1. The van der Waals surface area contributed by atoms with Gasteiger partial charge in [0.25, 0.3) is 5.56 Å². The number of benzene rings is 1. The van der Waals surface area contributed by atoms with E-state index < -0.39 is 11.5 Å². The summed E-state index contributed by atoms with van der Waals surface area (Å²) in [5, 5.41) is 8.97. The zero-order valence-electron chi connectivity index (χ0n) is 17.9. The average Bonchev–Trinajstić information content (AvgIpc) is 3.33. The van der Waals surface area contributed by atoms with Crippen LogP contribution in [0.3, 0.4) is 0 Å². The molecule has 162 valence electrons. The number of rotatable bonds is 4. The molecule has 0 aliphatic carbocycles. The second kappa shape index (κ2) is 8.19. The van der Waals surface area contributed by atoms with Crippen LogP contribution in [0.25, 0.3) is 5.69 Å². The van der Waals surface area contributed by atoms with Crippen molar-refractivity contribution >= 4 is 23.3 Å². The first kappa shape index (κ1) is 21.1. The highest BCUT2D eigenvalue weighted by Crippen LogP contribution is 2.40. The Labute approximate surface area is 185 Å². The third-order valence-corrected chi connectivity index (χ3v) is 6.25. The topological polar surface area (TPSA) is 82.2 Å². The largest absolute Gasteiger partial charge is 0.465 e. The summed E-state index contributed by atoms with van der Waals surface area (Å²) in [6, 6.07) is 6.72. The van der Waals surface area contributed by atoms with Crippen LogP contribution >= 0.6 is 11.6 Å². The third kappa shape index (κ3) is 3.50. The molecule has 31 heavy (non-hydrogen) atoms. The molecule has 0 bridgehead atoms. The molecule has 2 aromatic heterocycles. The van der Waals surface area contributed by atoms with Crippen molar-refractivity contribution in [3.63, 3.8) is 0 Å². The van der Waals surface area contributed by atoms with Crippen LogP contribution in [0.4, 0.5) is 5.69 Å². The van der Waals surface area contributed by atoms with Crippen molar-refractivity contribution in [1.82, 2.24) is 19.6 Å². The van der Waals surface area contributed by atoms with Gasteiger partial charge in [0.1, 0.15) is 5.02 Å². The van der Waals surface area contributed by atoms with Crippen LogP contribution in [0.15, 0.2) is 35.3 Å². The highest BCUT2D eigenvalue weighted by atomic mass is 35.5. The molecule has 1 aromatic carbocycles. The fourth-order valence-electron chi connectivity index (χ4n) is 4.36. The number of hydrogen-bond acceptors (Lipinski definition) is 6. The maximum absolute atomic E-state index is 13.2. The number of carbonyl (C=O) groups excluding carboxylic acids is 1. The number of nitrogens with zero attached hydrogens (tertiary/aromatic N) is 5. The Morgan fingerprint density at radius 2 is 1.97 bits per heavy atom. The summed E-state index contributed by atoms with van der Waals surface area (Å²) < 4.78 is 7.85. The van der Waals surface area contributed by atoms with Crippen molar-refractivity contribution < 1.29 is 9.53 Å². The number of carbonyl (C=O) groups is 1. The molecule has 0 spiro atoms. The SMILES string of the molecule is COC(=O)c1ccccc1-n1ncc(N2CCCC2c2c(C)nn(C)c2C)c(Cl)c1=O. The van der Waals surface area contributed by atoms with E-state index in [4.69, 9.17) is 16.3 Å². The molecule has 1 aliphatic heterocycles. The molecule has 0 saturated carbocycles. The van der Waals surface area contributed by atoms with Crippen molar-refractivity contribution in [2.24, 2.45) is 7.05 Å². The minimum atomic E-state index is -0.549. The van der Waals surface area contributed by atoms with Crippen molar-refractivity contribution in [2.45, 2.75) is 32.7 Å². The number of para-hydroxylation sites is 1. The lowest BCUT2D eigenvalue weighted by molar-refractivity contribution is 0.0600. The summed E-state index contributed by atoms with van der Waals surface area (Å²) in [5.74, 6) is -0.549. The van der Waals surface area contributed by atoms with Crippen LogP contribution in [-0.2, 0) is 11.8 Å². The van der Waals surface area contributed by atoms with Gasteiger partial charge in [-0.3, -0.25) is 9.48 Å². The Morgan fingerprint density at radius 1 is 1.23 bits per heavy atom. The highest BCUT2D eigenvalue weighted by molar-refractivity contribution is 6.33. The number of anilines is 1. The monoisotopic (exact) mass is 441 g/mol. The van der Waals surface area contributed by atoms with E-state index in [1.807, 2.05) is 25.6 Å². The van der Waals surface area contributed by atoms with Gasteiger partial charge >= 0.3 is 5.97 Å². The van der Waals surface area contributed by atoms with E-state index in [2.05, 4.69) is 15.1 Å². The van der Waals surface area contributed by atoms with Gasteiger partial charge in [0, 0.05) is 24.8 Å². The summed E-state index contributed by atoms with van der Waals surface area (Å²) in [6.45, 7) is 4.82. The lowest BCUT2D eigenvalue weighted by Gasteiger charge is -2.28. The average molecular weight is 442 g/mol. The van der Waals surface area contributed by atoms with Crippen LogP contribution in [0.2, 0.25) is 5.02 Å². The number of esters is 1. The van der Waals surface area contributed by atoms with Crippen LogP contribution < -0.4 is 10.5 Å². The van der Waals surface area contributed by atoms with Gasteiger partial charge in [0.2, 0.25) is 0 Å². The zero-order valence-corrected chi connectivity index (χ0v) is 18.7. The number of hydrogen-bond donors (Lipinski definition) is 0. The van der Waals surface area contributed by atoms with Crippen molar-refractivity contribution in [3.05, 3.63) is 68.4 Å². The molecule has 1 fully saturated rings. The molecule has 1 aliphatic rings. The molecular formula is C22H24ClN5O3. The third-order valence-electron chi connectivity index (χ3n) is 5.90. The molecule has 0 amide bonds. The van der Waals surface area contributed by atoms with Crippen LogP contribution in [0, 0.1) is 13.8 Å². The van der Waals surface area contributed by atoms with E-state index in [1.54, 1.807) is 30.5 Å². The molecule has 4 rings (SSSR count). The van der Waals surface area contributed by atoms with Gasteiger partial charge in [0.05, 0.1) is 42.0 Å². The number of halogens is 1. The molecule has 0 radical (unpaired) electrons. The normalized spacial score (nSPS) is 16.0. The molecule has 1 saturated heterocycles. The summed E-state index contributed by atoms with van der Waals surface area (Å²) in [5.41, 5.74) is 3.90. The molecule has 3 aromatic rings. The maximum Gasteiger partial charge on any atom is 0.340 e. The summed E-state index contributed by atoms with van der Waals surface area (Å²) in [4.78, 5) is 27.4. The Kier molecular flexibility index (Phi) is 5.58. The van der Waals surface area contributed by atoms with Crippen LogP contribution in [0.1, 0.15) is 46.2 Å². The fraction of sp³-hybridized carbons (Fsp3) is 0.364. The van der Waals surface area contributed by atoms with Gasteiger partial charge in [-0.05, 0) is 38.8 Å². The van der Waals surface area contributed by atoms with Crippen molar-refractivity contribution in [2.75, 3.05) is 18.6 Å². The Balaban J connectivity index is 1.78. The molecule has 8 nitrogen and oxygen atoms in total. The Hall–Kier alpha value is -3.13. The minimum absolute atomic E-state index is 0.0702. The van der Waals surface area contributed by atoms with Crippen LogP contribution in [0.5, 0.6) is 0 Å². The first-order valence-electron chi connectivity index (χ1n) is 10.1. The molecule has 9 heteroatoms. The quantitative estimate of drug-likeness (QED) is 0.577. The predicted molar refractivity (Wildman–Crippen MR) is 118 cm³/mol. The van der Waals surface area contributed by atoms with E-state index >= 15 is 0 Å². The lowest BCUT2D eigenvalue weighted by Crippen LogP contribution is -2.29. The van der Waals surface area contributed by atoms with Gasteiger partial charge < -0.3 is 9.64 Å². The van der Waals surface area contributed by atoms with Crippen LogP contribution in [-0.4, -0.2) is 39.2 Å². The molecule has 1 atom stereocenters. The standard InChI is InChI=1S/C22H24ClN5O3/c1-13-19(14(2)26(3)25-13)17-10-7-11-27(17)18-12-24-28(21(29)20(18)23)16-9-6-5-8-15(16)22(30)31-4/h5-6,8-9,12,17H,7,10-11H2,1-4H3. The Bertz CT molecular complexity index is 1220. The van der Waals surface area contributed by atoms with E-state index in [-0.39, 0.29) is 16.6 Å². The minimum Gasteiger partial charge on any atom is -0.465 e. The molecule has 0 N–H and O–H groups in total. The van der Waals surface area contributed by atoms with E-state index in [9.17, 15) is 9.59 Å². The fourth-order valence-corrected chi connectivity index (χ4v) is 4.60. The van der Waals surface area contributed by atoms with Gasteiger partial charge in [-0.25, -0.2) is 4.79 Å². The first-order chi connectivity index (χ1) is 14.8. The van der Waals surface area contributed by atoms with E-state index in [1.165, 1.54) is 7.11 Å². The smallest absolute Gasteiger partial charge is 0.340 e. The Morgan fingerprint density at radius 3 is 2.65 bits per heavy atom. The second-order valence-electron chi connectivity index (χ2n) is 7.63. The lowest BCUT2D eigenvalue weighted by atomic mass is 10.0. The predicted octanol–water partition coefficient (Wildman–Crippen LogP) is 3.36. The molecule has 3 heterocycles. The maximum atomic E-state index is 13.2. The summed E-state index contributed by atoms with van der Waals surface area (Å²) in [7, 11) is 3.22. The highest BCUT2D eigenvalue weighted by Gasteiger charge is 2.33. The zero-order chi connectivity index (χ0) is 22.3. The van der Waals surface area contributed by atoms with E-state index in [0.717, 1.165) is 41.0 Å². The first-order valence-corrected chi connectivity index (χ1v) is 10.4.